The van der Waals surface area contributed by atoms with Crippen molar-refractivity contribution in [3.63, 3.8) is 0 Å². The largest absolute Gasteiger partial charge is 0.493 e. The van der Waals surface area contributed by atoms with Gasteiger partial charge in [-0.05, 0) is 43.7 Å². The Balaban J connectivity index is 1.74. The van der Waals surface area contributed by atoms with Gasteiger partial charge < -0.3 is 23.9 Å². The van der Waals surface area contributed by atoms with Gasteiger partial charge in [-0.3, -0.25) is 14.2 Å². The average molecular weight is 524 g/mol. The topological polar surface area (TPSA) is 105 Å². The van der Waals surface area contributed by atoms with Crippen molar-refractivity contribution in [1.29, 1.82) is 0 Å². The van der Waals surface area contributed by atoms with E-state index in [4.69, 9.17) is 23.6 Å². The van der Waals surface area contributed by atoms with Crippen molar-refractivity contribution in [2.75, 3.05) is 26.1 Å². The summed E-state index contributed by atoms with van der Waals surface area (Å²) in [6.07, 6.45) is 2.06. The molecule has 1 amide bonds. The van der Waals surface area contributed by atoms with Crippen molar-refractivity contribution in [3.8, 4) is 17.2 Å². The number of methoxy groups -OCH3 is 2. The lowest BCUT2D eigenvalue weighted by atomic mass is 10.2. The van der Waals surface area contributed by atoms with Crippen molar-refractivity contribution in [3.05, 3.63) is 70.9 Å². The molecule has 1 unspecified atom stereocenters. The van der Waals surface area contributed by atoms with E-state index in [1.54, 1.807) is 42.7 Å². The van der Waals surface area contributed by atoms with Crippen LogP contribution in [0.4, 0.5) is 5.69 Å². The summed E-state index contributed by atoms with van der Waals surface area (Å²) >= 11 is 1.22. The normalized spacial score (nSPS) is 11.8. The molecule has 10 heteroatoms. The van der Waals surface area contributed by atoms with Gasteiger partial charge in [-0.15, -0.1) is 0 Å². The smallest absolute Gasteiger partial charge is 0.262 e. The minimum absolute atomic E-state index is 0.163. The number of benzene rings is 2. The number of anilines is 1. The first-order chi connectivity index (χ1) is 18.0. The van der Waals surface area contributed by atoms with Gasteiger partial charge in [0.25, 0.3) is 5.56 Å². The Morgan fingerprint density at radius 3 is 2.51 bits per heavy atom. The summed E-state index contributed by atoms with van der Waals surface area (Å²) < 4.78 is 23.4. The molecule has 0 aliphatic rings. The highest BCUT2D eigenvalue weighted by atomic mass is 32.2. The lowest BCUT2D eigenvalue weighted by molar-refractivity contribution is -0.115. The van der Waals surface area contributed by atoms with Crippen LogP contribution in [0.2, 0.25) is 0 Å². The molecule has 9 nitrogen and oxygen atoms in total. The molecule has 0 spiro atoms. The lowest BCUT2D eigenvalue weighted by Gasteiger charge is -2.19. The number of carbonyl (C=O) groups is 1. The number of nitrogens with zero attached hydrogens (tertiary/aromatic N) is 2. The van der Waals surface area contributed by atoms with E-state index in [1.807, 2.05) is 26.0 Å². The average Bonchev–Trinajstić information content (AvgIpc) is 3.43. The Morgan fingerprint density at radius 2 is 1.84 bits per heavy atom. The zero-order valence-electron chi connectivity index (χ0n) is 21.1. The second-order valence-corrected chi connectivity index (χ2v) is 9.19. The molecule has 1 N–H and O–H groups in total. The van der Waals surface area contributed by atoms with E-state index in [1.165, 1.54) is 30.5 Å². The minimum atomic E-state index is -0.526. The van der Waals surface area contributed by atoms with E-state index >= 15 is 0 Å². The number of fused-ring (bicyclic) bond motifs is 1. The Hall–Kier alpha value is -3.92. The monoisotopic (exact) mass is 523 g/mol. The Bertz CT molecular complexity index is 1430. The molecule has 0 saturated heterocycles. The first kappa shape index (κ1) is 26.2. The van der Waals surface area contributed by atoms with Gasteiger partial charge in [0, 0.05) is 6.07 Å². The number of furan rings is 1. The van der Waals surface area contributed by atoms with E-state index in [-0.39, 0.29) is 18.0 Å². The summed E-state index contributed by atoms with van der Waals surface area (Å²) in [7, 11) is 3.03. The van der Waals surface area contributed by atoms with Crippen LogP contribution in [0.5, 0.6) is 17.2 Å². The van der Waals surface area contributed by atoms with Crippen LogP contribution >= 0.6 is 11.8 Å². The highest BCUT2D eigenvalue weighted by molar-refractivity contribution is 8.00. The molecule has 194 valence electrons. The molecule has 2 aromatic carbocycles. The third-order valence-corrected chi connectivity index (χ3v) is 7.03. The molecule has 0 aliphatic carbocycles. The predicted octanol–water partition coefficient (Wildman–Crippen LogP) is 4.96. The zero-order valence-corrected chi connectivity index (χ0v) is 22.0. The summed E-state index contributed by atoms with van der Waals surface area (Å²) in [5.74, 6) is 1.86. The van der Waals surface area contributed by atoms with Gasteiger partial charge in [0.15, 0.2) is 16.7 Å². The lowest BCUT2D eigenvalue weighted by Crippen LogP contribution is -2.28. The molecule has 2 aromatic heterocycles. The van der Waals surface area contributed by atoms with E-state index in [0.29, 0.717) is 57.8 Å². The predicted molar refractivity (Wildman–Crippen MR) is 143 cm³/mol. The summed E-state index contributed by atoms with van der Waals surface area (Å²) in [6.45, 7) is 4.44. The molecule has 0 radical (unpaired) electrons. The van der Waals surface area contributed by atoms with E-state index < -0.39 is 5.25 Å². The quantitative estimate of drug-likeness (QED) is 0.217. The number of ether oxygens (including phenoxy) is 3. The Morgan fingerprint density at radius 1 is 1.08 bits per heavy atom. The van der Waals surface area contributed by atoms with Crippen molar-refractivity contribution < 1.29 is 23.4 Å². The standard InChI is InChI=1S/C27H29N3O6S/c1-5-24(25(31)28-19-11-7-8-12-21(19)35-6-2)37-27-29-20-15-23(34-4)22(33-3)14-18(20)26(32)30(27)16-17-10-9-13-36-17/h7-15,24H,5-6,16H2,1-4H3,(H,28,31). The number of para-hydroxylation sites is 2. The van der Waals surface area contributed by atoms with Crippen LogP contribution in [-0.4, -0.2) is 41.5 Å². The van der Waals surface area contributed by atoms with Crippen molar-refractivity contribution in [2.24, 2.45) is 0 Å². The van der Waals surface area contributed by atoms with Gasteiger partial charge >= 0.3 is 0 Å². The number of hydrogen-bond donors (Lipinski definition) is 1. The van der Waals surface area contributed by atoms with Gasteiger partial charge in [-0.25, -0.2) is 4.98 Å². The molecule has 0 bridgehead atoms. The number of hydrogen-bond acceptors (Lipinski definition) is 8. The number of nitrogens with one attached hydrogen (secondary N) is 1. The van der Waals surface area contributed by atoms with Crippen LogP contribution in [0.1, 0.15) is 26.0 Å². The van der Waals surface area contributed by atoms with E-state index in [2.05, 4.69) is 5.32 Å². The van der Waals surface area contributed by atoms with Crippen LogP contribution < -0.4 is 25.1 Å². The van der Waals surface area contributed by atoms with Gasteiger partial charge in [-0.2, -0.15) is 0 Å². The fourth-order valence-corrected chi connectivity index (χ4v) is 4.84. The maximum absolute atomic E-state index is 13.6. The molecule has 1 atom stereocenters. The van der Waals surface area contributed by atoms with E-state index in [0.717, 1.165) is 0 Å². The van der Waals surface area contributed by atoms with Gasteiger partial charge in [-0.1, -0.05) is 30.8 Å². The van der Waals surface area contributed by atoms with Crippen LogP contribution in [0.25, 0.3) is 10.9 Å². The van der Waals surface area contributed by atoms with Crippen LogP contribution in [0, 0.1) is 0 Å². The van der Waals surface area contributed by atoms with Crippen molar-refractivity contribution >= 4 is 34.3 Å². The third-order valence-electron chi connectivity index (χ3n) is 5.67. The van der Waals surface area contributed by atoms with Gasteiger partial charge in [0.2, 0.25) is 5.91 Å². The first-order valence-corrected chi connectivity index (χ1v) is 12.7. The highest BCUT2D eigenvalue weighted by Crippen LogP contribution is 2.33. The number of carbonyl (C=O) groups excluding carboxylic acids is 1. The molecule has 0 fully saturated rings. The Labute approximate surface area is 218 Å². The highest BCUT2D eigenvalue weighted by Gasteiger charge is 2.24. The van der Waals surface area contributed by atoms with Crippen LogP contribution in [0.15, 0.2) is 69.2 Å². The van der Waals surface area contributed by atoms with Gasteiger partial charge in [0.05, 0.1) is 55.5 Å². The molecule has 2 heterocycles. The zero-order chi connectivity index (χ0) is 26.4. The summed E-state index contributed by atoms with van der Waals surface area (Å²) in [4.78, 5) is 31.7. The Kier molecular flexibility index (Phi) is 8.39. The van der Waals surface area contributed by atoms with Crippen LogP contribution in [-0.2, 0) is 11.3 Å². The second kappa shape index (κ2) is 11.9. The molecule has 0 aliphatic heterocycles. The molecular formula is C27H29N3O6S. The summed E-state index contributed by atoms with van der Waals surface area (Å²) in [5.41, 5.74) is 0.754. The number of thioether (sulfide) groups is 1. The van der Waals surface area contributed by atoms with E-state index in [9.17, 15) is 9.59 Å². The summed E-state index contributed by atoms with van der Waals surface area (Å²) in [5, 5.41) is 3.20. The molecule has 4 aromatic rings. The maximum atomic E-state index is 13.6. The molecular weight excluding hydrogens is 494 g/mol. The number of amides is 1. The first-order valence-electron chi connectivity index (χ1n) is 11.9. The molecule has 0 saturated carbocycles. The van der Waals surface area contributed by atoms with Crippen molar-refractivity contribution in [2.45, 2.75) is 37.2 Å². The number of rotatable bonds is 11. The SMILES string of the molecule is CCOc1ccccc1NC(=O)C(CC)Sc1nc2cc(OC)c(OC)cc2c(=O)n1Cc1ccco1. The minimum Gasteiger partial charge on any atom is -0.493 e. The third kappa shape index (κ3) is 5.75. The maximum Gasteiger partial charge on any atom is 0.262 e. The van der Waals surface area contributed by atoms with Crippen molar-refractivity contribution in [1.82, 2.24) is 9.55 Å². The van der Waals surface area contributed by atoms with Gasteiger partial charge in [0.1, 0.15) is 11.5 Å². The summed E-state index contributed by atoms with van der Waals surface area (Å²) in [6, 6.07) is 14.1. The second-order valence-electron chi connectivity index (χ2n) is 8.02. The fourth-order valence-electron chi connectivity index (χ4n) is 3.83. The molecule has 37 heavy (non-hydrogen) atoms. The molecule has 4 rings (SSSR count). The van der Waals surface area contributed by atoms with Crippen LogP contribution in [0.3, 0.4) is 0 Å². The number of aromatic nitrogens is 2. The fraction of sp³-hybridized carbons (Fsp3) is 0.296.